The van der Waals surface area contributed by atoms with Gasteiger partial charge in [0.2, 0.25) is 0 Å². The lowest BCUT2D eigenvalue weighted by Crippen LogP contribution is -2.39. The number of nitrogens with zero attached hydrogens (tertiary/aromatic N) is 2. The zero-order valence-corrected chi connectivity index (χ0v) is 12.7. The van der Waals surface area contributed by atoms with Gasteiger partial charge in [-0.3, -0.25) is 4.79 Å². The third-order valence-electron chi connectivity index (χ3n) is 4.13. The molecule has 2 rings (SSSR count). The number of nitrogens with one attached hydrogen (secondary N) is 1. The van der Waals surface area contributed by atoms with E-state index in [-0.39, 0.29) is 5.91 Å². The third-order valence-corrected chi connectivity index (χ3v) is 4.13. The summed E-state index contributed by atoms with van der Waals surface area (Å²) in [7, 11) is 0. The minimum absolute atomic E-state index is 0.133. The smallest absolute Gasteiger partial charge is 0.254 e. The van der Waals surface area contributed by atoms with Crippen molar-refractivity contribution in [3.63, 3.8) is 0 Å². The lowest BCUT2D eigenvalue weighted by atomic mass is 9.86. The van der Waals surface area contributed by atoms with Crippen LogP contribution in [0.3, 0.4) is 0 Å². The number of aromatic nitrogens is 1. The van der Waals surface area contributed by atoms with Crippen molar-refractivity contribution in [3.05, 3.63) is 23.9 Å². The highest BCUT2D eigenvalue weighted by Crippen LogP contribution is 2.25. The highest BCUT2D eigenvalue weighted by Gasteiger charge is 2.25. The van der Waals surface area contributed by atoms with Crippen LogP contribution in [0.15, 0.2) is 18.3 Å². The van der Waals surface area contributed by atoms with E-state index in [0.717, 1.165) is 49.8 Å². The first-order valence-electron chi connectivity index (χ1n) is 7.61. The van der Waals surface area contributed by atoms with E-state index in [2.05, 4.69) is 24.1 Å². The maximum atomic E-state index is 12.5. The molecular formula is C16H25N3O. The second-order valence-electron chi connectivity index (χ2n) is 5.83. The molecule has 2 heterocycles. The van der Waals surface area contributed by atoms with Gasteiger partial charge in [-0.2, -0.15) is 0 Å². The maximum absolute atomic E-state index is 12.5. The van der Waals surface area contributed by atoms with Crippen LogP contribution in [-0.2, 0) is 0 Å². The molecule has 1 aromatic rings. The van der Waals surface area contributed by atoms with Gasteiger partial charge in [-0.05, 0) is 43.7 Å². The monoisotopic (exact) mass is 275 g/mol. The van der Waals surface area contributed by atoms with Crippen molar-refractivity contribution in [2.75, 3.05) is 25.0 Å². The van der Waals surface area contributed by atoms with E-state index in [0.29, 0.717) is 5.92 Å². The molecule has 1 aromatic heterocycles. The number of carbonyl (C=O) groups is 1. The molecule has 0 bridgehead atoms. The van der Waals surface area contributed by atoms with Gasteiger partial charge < -0.3 is 10.2 Å². The summed E-state index contributed by atoms with van der Waals surface area (Å²) in [5, 5.41) is 3.15. The van der Waals surface area contributed by atoms with Gasteiger partial charge in [0.05, 0.1) is 0 Å². The summed E-state index contributed by atoms with van der Waals surface area (Å²) in [5.74, 6) is 2.38. The quantitative estimate of drug-likeness (QED) is 0.918. The zero-order chi connectivity index (χ0) is 14.5. The summed E-state index contributed by atoms with van der Waals surface area (Å²) in [4.78, 5) is 18.7. The van der Waals surface area contributed by atoms with E-state index < -0.39 is 0 Å². The first kappa shape index (κ1) is 14.8. The molecule has 0 atom stereocenters. The largest absolute Gasteiger partial charge is 0.370 e. The number of carbonyl (C=O) groups excluding carboxylic acids is 1. The number of hydrogen-bond donors (Lipinski definition) is 1. The van der Waals surface area contributed by atoms with Crippen molar-refractivity contribution in [1.82, 2.24) is 9.88 Å². The highest BCUT2D eigenvalue weighted by molar-refractivity contribution is 5.94. The molecule has 1 saturated heterocycles. The number of amides is 1. The summed E-state index contributed by atoms with van der Waals surface area (Å²) in [6, 6.07) is 3.65. The van der Waals surface area contributed by atoms with Crippen molar-refractivity contribution in [3.8, 4) is 0 Å². The fourth-order valence-corrected chi connectivity index (χ4v) is 2.79. The summed E-state index contributed by atoms with van der Waals surface area (Å²) >= 11 is 0. The first-order valence-corrected chi connectivity index (χ1v) is 7.61. The minimum Gasteiger partial charge on any atom is -0.370 e. The Morgan fingerprint density at radius 3 is 2.75 bits per heavy atom. The average Bonchev–Trinajstić information content (AvgIpc) is 2.47. The van der Waals surface area contributed by atoms with E-state index in [1.807, 2.05) is 17.9 Å². The van der Waals surface area contributed by atoms with Crippen LogP contribution in [0.2, 0.25) is 0 Å². The van der Waals surface area contributed by atoms with Crippen LogP contribution >= 0.6 is 0 Å². The molecular weight excluding hydrogens is 250 g/mol. The third kappa shape index (κ3) is 3.50. The molecule has 20 heavy (non-hydrogen) atoms. The van der Waals surface area contributed by atoms with E-state index >= 15 is 0 Å². The van der Waals surface area contributed by atoms with Gasteiger partial charge in [0.15, 0.2) is 0 Å². The maximum Gasteiger partial charge on any atom is 0.254 e. The van der Waals surface area contributed by atoms with Crippen molar-refractivity contribution in [1.29, 1.82) is 0 Å². The van der Waals surface area contributed by atoms with Gasteiger partial charge in [-0.1, -0.05) is 13.8 Å². The molecule has 4 heteroatoms. The Morgan fingerprint density at radius 1 is 1.45 bits per heavy atom. The molecule has 0 unspecified atom stereocenters. The molecule has 110 valence electrons. The number of rotatable bonds is 4. The van der Waals surface area contributed by atoms with E-state index in [9.17, 15) is 4.79 Å². The minimum atomic E-state index is 0.133. The molecule has 0 aromatic carbocycles. The van der Waals surface area contributed by atoms with E-state index in [1.54, 1.807) is 12.3 Å². The Kier molecular flexibility index (Phi) is 4.99. The van der Waals surface area contributed by atoms with Crippen LogP contribution in [0, 0.1) is 11.8 Å². The first-order chi connectivity index (χ1) is 9.61. The molecule has 0 saturated carbocycles. The molecule has 0 radical (unpaired) electrons. The number of piperidine rings is 1. The highest BCUT2D eigenvalue weighted by atomic mass is 16.2. The number of hydrogen-bond acceptors (Lipinski definition) is 3. The van der Waals surface area contributed by atoms with Gasteiger partial charge in [-0.25, -0.2) is 4.98 Å². The van der Waals surface area contributed by atoms with Crippen LogP contribution in [-0.4, -0.2) is 35.4 Å². The van der Waals surface area contributed by atoms with E-state index in [1.165, 1.54) is 0 Å². The molecule has 4 nitrogen and oxygen atoms in total. The van der Waals surface area contributed by atoms with Crippen LogP contribution < -0.4 is 5.32 Å². The zero-order valence-electron chi connectivity index (χ0n) is 12.7. The summed E-state index contributed by atoms with van der Waals surface area (Å²) < 4.78 is 0. The van der Waals surface area contributed by atoms with Crippen molar-refractivity contribution >= 4 is 11.7 Å². The van der Waals surface area contributed by atoms with Crippen LogP contribution in [0.1, 0.15) is 44.0 Å². The number of pyridine rings is 1. The lowest BCUT2D eigenvalue weighted by Gasteiger charge is -2.34. The van der Waals surface area contributed by atoms with Crippen LogP contribution in [0.4, 0.5) is 5.82 Å². The van der Waals surface area contributed by atoms with Gasteiger partial charge in [0, 0.05) is 31.4 Å². The lowest BCUT2D eigenvalue weighted by molar-refractivity contribution is 0.0667. The Hall–Kier alpha value is -1.58. The molecule has 1 aliphatic rings. The predicted molar refractivity (Wildman–Crippen MR) is 81.9 cm³/mol. The molecule has 0 aliphatic carbocycles. The summed E-state index contributed by atoms with van der Waals surface area (Å²) in [6.45, 7) is 9.12. The summed E-state index contributed by atoms with van der Waals surface area (Å²) in [5.41, 5.74) is 0.735. The second kappa shape index (κ2) is 6.73. The second-order valence-corrected chi connectivity index (χ2v) is 5.83. The van der Waals surface area contributed by atoms with Crippen LogP contribution in [0.25, 0.3) is 0 Å². The van der Waals surface area contributed by atoms with Gasteiger partial charge >= 0.3 is 0 Å². The Bertz CT molecular complexity index is 451. The van der Waals surface area contributed by atoms with Crippen molar-refractivity contribution < 1.29 is 4.79 Å². The fraction of sp³-hybridized carbons (Fsp3) is 0.625. The van der Waals surface area contributed by atoms with E-state index in [4.69, 9.17) is 0 Å². The van der Waals surface area contributed by atoms with Crippen molar-refractivity contribution in [2.24, 2.45) is 11.8 Å². The molecule has 1 fully saturated rings. The van der Waals surface area contributed by atoms with Gasteiger partial charge in [0.1, 0.15) is 5.82 Å². The number of anilines is 1. The Balaban J connectivity index is 2.00. The number of likely N-dealkylation sites (tertiary alicyclic amines) is 1. The Labute approximate surface area is 121 Å². The van der Waals surface area contributed by atoms with Crippen LogP contribution in [0.5, 0.6) is 0 Å². The molecule has 0 spiro atoms. The predicted octanol–water partition coefficient (Wildman–Crippen LogP) is 3.02. The molecule has 1 aliphatic heterocycles. The molecule has 1 amide bonds. The van der Waals surface area contributed by atoms with Crippen molar-refractivity contribution in [2.45, 2.75) is 33.6 Å². The average molecular weight is 275 g/mol. The molecule has 1 N–H and O–H groups in total. The Morgan fingerprint density at radius 2 is 2.15 bits per heavy atom. The SMILES string of the molecule is CCNc1cc(C(=O)N2CCC(C(C)C)CC2)ccn1. The van der Waals surface area contributed by atoms with Gasteiger partial charge in [-0.15, -0.1) is 0 Å². The normalized spacial score (nSPS) is 16.5. The van der Waals surface area contributed by atoms with Gasteiger partial charge in [0.25, 0.3) is 5.91 Å². The standard InChI is InChI=1S/C16H25N3O/c1-4-17-15-11-14(5-8-18-15)16(20)19-9-6-13(7-10-19)12(2)3/h5,8,11-13H,4,6-7,9-10H2,1-3H3,(H,17,18). The topological polar surface area (TPSA) is 45.2 Å². The summed E-state index contributed by atoms with van der Waals surface area (Å²) in [6.07, 6.45) is 3.94. The fourth-order valence-electron chi connectivity index (χ4n) is 2.79.